The summed E-state index contributed by atoms with van der Waals surface area (Å²) in [7, 11) is 0. The number of carbonyl (C=O) groups is 2. The molecule has 4 bridgehead atoms. The van der Waals surface area contributed by atoms with E-state index in [2.05, 4.69) is 10.2 Å². The zero-order chi connectivity index (χ0) is 17.8. The molecule has 1 aromatic rings. The Morgan fingerprint density at radius 3 is 2.65 bits per heavy atom. The molecule has 0 radical (unpaired) electrons. The third-order valence-corrected chi connectivity index (χ3v) is 8.06. The molecular weight excluding hydrogens is 368 g/mol. The van der Waals surface area contributed by atoms with Gasteiger partial charge in [0.15, 0.2) is 0 Å². The number of nitrogens with zero attached hydrogens (tertiary/aromatic N) is 1. The van der Waals surface area contributed by atoms with Crippen molar-refractivity contribution in [2.45, 2.75) is 54.7 Å². The predicted molar refractivity (Wildman–Crippen MR) is 103 cm³/mol. The normalized spacial score (nSPS) is 35.0. The first-order valence-electron chi connectivity index (χ1n) is 9.61. The topological polar surface area (TPSA) is 49.4 Å². The lowest BCUT2D eigenvalue weighted by atomic mass is 9.68. The number of hydrogen-bond donors (Lipinski definition) is 1. The Bertz CT molecular complexity index is 756. The molecule has 138 valence electrons. The van der Waals surface area contributed by atoms with Gasteiger partial charge in [0.25, 0.3) is 0 Å². The fourth-order valence-corrected chi connectivity index (χ4v) is 6.88. The number of fused-ring (bicyclic) bond motifs is 2. The Morgan fingerprint density at radius 1 is 1.15 bits per heavy atom. The zero-order valence-electron chi connectivity index (χ0n) is 14.6. The predicted octanol–water partition coefficient (Wildman–Crippen LogP) is 4.18. The molecule has 1 aromatic carbocycles. The lowest BCUT2D eigenvalue weighted by Gasteiger charge is -2.39. The fourth-order valence-electron chi connectivity index (χ4n) is 5.62. The molecule has 6 rings (SSSR count). The molecule has 4 fully saturated rings. The largest absolute Gasteiger partial charge is 0.339 e. The number of anilines is 1. The molecule has 2 aliphatic carbocycles. The van der Waals surface area contributed by atoms with Gasteiger partial charge in [-0.05, 0) is 68.1 Å². The average molecular weight is 391 g/mol. The number of carbonyl (C=O) groups excluding carboxylic acids is 2. The molecule has 3 aliphatic heterocycles. The Balaban J connectivity index is 1.31. The molecule has 2 saturated carbocycles. The van der Waals surface area contributed by atoms with Gasteiger partial charge >= 0.3 is 0 Å². The summed E-state index contributed by atoms with van der Waals surface area (Å²) in [6.45, 7) is 0.904. The summed E-state index contributed by atoms with van der Waals surface area (Å²) >= 11 is 7.50. The van der Waals surface area contributed by atoms with Crippen LogP contribution in [0.2, 0.25) is 5.02 Å². The molecule has 1 N–H and O–H groups in total. The average Bonchev–Trinajstić information content (AvgIpc) is 2.79. The van der Waals surface area contributed by atoms with Gasteiger partial charge in [-0.3, -0.25) is 9.59 Å². The Morgan fingerprint density at radius 2 is 1.88 bits per heavy atom. The first-order chi connectivity index (χ1) is 12.5. The molecule has 3 heterocycles. The zero-order valence-corrected chi connectivity index (χ0v) is 16.2. The second-order valence-electron chi connectivity index (χ2n) is 8.42. The van der Waals surface area contributed by atoms with E-state index in [-0.39, 0.29) is 23.5 Å². The van der Waals surface area contributed by atoms with Gasteiger partial charge in [-0.15, -0.1) is 11.8 Å². The molecule has 0 aromatic heterocycles. The van der Waals surface area contributed by atoms with Gasteiger partial charge in [0.05, 0.1) is 10.9 Å². The number of halogens is 1. The first-order valence-corrected chi connectivity index (χ1v) is 10.9. The Hall–Kier alpha value is -1.20. The molecule has 2 saturated heterocycles. The van der Waals surface area contributed by atoms with Crippen molar-refractivity contribution < 1.29 is 9.59 Å². The van der Waals surface area contributed by atoms with E-state index in [1.54, 1.807) is 6.07 Å². The van der Waals surface area contributed by atoms with Gasteiger partial charge in [-0.1, -0.05) is 11.6 Å². The monoisotopic (exact) mass is 390 g/mol. The van der Waals surface area contributed by atoms with Crippen LogP contribution >= 0.6 is 23.4 Å². The van der Waals surface area contributed by atoms with Crippen molar-refractivity contribution in [1.29, 1.82) is 0 Å². The van der Waals surface area contributed by atoms with E-state index in [4.69, 9.17) is 11.6 Å². The van der Waals surface area contributed by atoms with Crippen LogP contribution in [-0.2, 0) is 9.59 Å². The van der Waals surface area contributed by atoms with Crippen LogP contribution in [0.25, 0.3) is 0 Å². The maximum atomic E-state index is 13.1. The summed E-state index contributed by atoms with van der Waals surface area (Å²) in [5, 5.41) is 3.17. The van der Waals surface area contributed by atoms with E-state index in [1.165, 1.54) is 43.9 Å². The number of benzene rings is 1. The summed E-state index contributed by atoms with van der Waals surface area (Å²) in [5.74, 6) is 2.39. The maximum absolute atomic E-state index is 13.1. The van der Waals surface area contributed by atoms with E-state index in [1.807, 2.05) is 12.1 Å². The molecule has 4 nitrogen and oxygen atoms in total. The number of nitrogens with one attached hydrogen (secondary N) is 1. The van der Waals surface area contributed by atoms with E-state index >= 15 is 0 Å². The summed E-state index contributed by atoms with van der Waals surface area (Å²) < 4.78 is 0. The van der Waals surface area contributed by atoms with Crippen molar-refractivity contribution in [3.63, 3.8) is 0 Å². The van der Waals surface area contributed by atoms with E-state index in [0.29, 0.717) is 17.0 Å². The number of amides is 2. The van der Waals surface area contributed by atoms with Crippen LogP contribution < -0.4 is 5.32 Å². The van der Waals surface area contributed by atoms with Crippen molar-refractivity contribution in [2.75, 3.05) is 11.9 Å². The molecule has 2 amide bonds. The van der Waals surface area contributed by atoms with Crippen LogP contribution in [0.5, 0.6) is 0 Å². The number of thioether (sulfide) groups is 1. The lowest BCUT2D eigenvalue weighted by Crippen LogP contribution is -2.44. The van der Waals surface area contributed by atoms with Gasteiger partial charge < -0.3 is 10.2 Å². The minimum absolute atomic E-state index is 0.0845. The molecule has 2 unspecified atom stereocenters. The van der Waals surface area contributed by atoms with Gasteiger partial charge in [0, 0.05) is 28.9 Å². The van der Waals surface area contributed by atoms with Gasteiger partial charge in [0.1, 0.15) is 0 Å². The highest BCUT2D eigenvalue weighted by Crippen LogP contribution is 2.48. The quantitative estimate of drug-likeness (QED) is 0.824. The summed E-state index contributed by atoms with van der Waals surface area (Å²) in [4.78, 5) is 28.7. The molecule has 26 heavy (non-hydrogen) atoms. The number of hydrogen-bond acceptors (Lipinski definition) is 3. The first kappa shape index (κ1) is 16.9. The smallest absolute Gasteiger partial charge is 0.238 e. The third kappa shape index (κ3) is 3.03. The van der Waals surface area contributed by atoms with Crippen LogP contribution in [0, 0.1) is 17.8 Å². The van der Waals surface area contributed by atoms with Crippen LogP contribution in [0.1, 0.15) is 38.5 Å². The third-order valence-electron chi connectivity index (χ3n) is 6.55. The van der Waals surface area contributed by atoms with Crippen LogP contribution in [-0.4, -0.2) is 34.6 Å². The van der Waals surface area contributed by atoms with Crippen molar-refractivity contribution in [2.24, 2.45) is 17.8 Å². The second kappa shape index (κ2) is 6.45. The van der Waals surface area contributed by atoms with Crippen molar-refractivity contribution in [3.05, 3.63) is 23.2 Å². The highest BCUT2D eigenvalue weighted by molar-refractivity contribution is 8.01. The standard InChI is InChI=1S/C20H23ClN2O2S/c21-14-1-2-17-16(8-14)22-20(25)18(26-17)9-19(24)23-10-13-4-11-3-12(5-13)7-15(23)6-11/h1-2,8,11-13,15,18H,3-7,9-10H2,(H,22,25)/t11-,12+,13?,15?,18-/m1/s1. The fraction of sp³-hybridized carbons (Fsp3) is 0.600. The van der Waals surface area contributed by atoms with E-state index < -0.39 is 0 Å². The lowest BCUT2D eigenvalue weighted by molar-refractivity contribution is -0.135. The minimum Gasteiger partial charge on any atom is -0.339 e. The molecule has 5 atom stereocenters. The van der Waals surface area contributed by atoms with Gasteiger partial charge in [0.2, 0.25) is 11.8 Å². The highest BCUT2D eigenvalue weighted by atomic mass is 35.5. The van der Waals surface area contributed by atoms with Crippen molar-refractivity contribution >= 4 is 40.9 Å². The molecule has 6 heteroatoms. The summed E-state index contributed by atoms with van der Waals surface area (Å²) in [5.41, 5.74) is 0.752. The Kier molecular flexibility index (Phi) is 4.20. The van der Waals surface area contributed by atoms with Gasteiger partial charge in [-0.25, -0.2) is 0 Å². The molecule has 5 aliphatic rings. The number of rotatable bonds is 2. The SMILES string of the molecule is O=C1Nc2cc(Cl)ccc2S[C@@H]1CC(=O)N1CC2C[C@@H]3CC1C[C@H](C2)C3. The van der Waals surface area contributed by atoms with Crippen LogP contribution in [0.4, 0.5) is 5.69 Å². The molecule has 0 spiro atoms. The summed E-state index contributed by atoms with van der Waals surface area (Å²) in [6.07, 6.45) is 6.59. The van der Waals surface area contributed by atoms with Crippen molar-refractivity contribution in [1.82, 2.24) is 4.90 Å². The van der Waals surface area contributed by atoms with E-state index in [0.717, 1.165) is 29.0 Å². The second-order valence-corrected chi connectivity index (χ2v) is 10.1. The van der Waals surface area contributed by atoms with Crippen LogP contribution in [0.3, 0.4) is 0 Å². The molecular formula is C20H23ClN2O2S. The van der Waals surface area contributed by atoms with Crippen LogP contribution in [0.15, 0.2) is 23.1 Å². The van der Waals surface area contributed by atoms with Gasteiger partial charge in [-0.2, -0.15) is 0 Å². The van der Waals surface area contributed by atoms with Crippen molar-refractivity contribution in [3.8, 4) is 0 Å². The highest BCUT2D eigenvalue weighted by Gasteiger charge is 2.44. The summed E-state index contributed by atoms with van der Waals surface area (Å²) in [6, 6.07) is 5.92. The Labute approximate surface area is 163 Å². The minimum atomic E-state index is -0.353. The maximum Gasteiger partial charge on any atom is 0.238 e. The van der Waals surface area contributed by atoms with E-state index in [9.17, 15) is 9.59 Å².